The second-order valence-corrected chi connectivity index (χ2v) is 5.67. The zero-order valence-corrected chi connectivity index (χ0v) is 12.7. The normalized spacial score (nSPS) is 18.5. The quantitative estimate of drug-likeness (QED) is 0.829. The average Bonchev–Trinajstić information content (AvgIpc) is 3.01. The van der Waals surface area contributed by atoms with E-state index < -0.39 is 0 Å². The van der Waals surface area contributed by atoms with Crippen molar-refractivity contribution in [3.63, 3.8) is 0 Å². The number of benzene rings is 2. The summed E-state index contributed by atoms with van der Waals surface area (Å²) in [5.74, 6) is 1.35. The molecule has 1 unspecified atom stereocenters. The standard InChI is InChI=1S/C19H16FNO2/c1-21-9-8-14-10-18-19(23-12-22-18)11-16(14)17(21)7-4-13-2-5-15(20)6-3-13/h2-11,17H,12H2,1H3. The fourth-order valence-corrected chi connectivity index (χ4v) is 2.90. The zero-order valence-electron chi connectivity index (χ0n) is 12.7. The maximum atomic E-state index is 13.0. The van der Waals surface area contributed by atoms with E-state index in [0.717, 1.165) is 28.2 Å². The van der Waals surface area contributed by atoms with Crippen LogP contribution in [0.25, 0.3) is 12.2 Å². The van der Waals surface area contributed by atoms with Gasteiger partial charge in [-0.05, 0) is 47.0 Å². The monoisotopic (exact) mass is 309 g/mol. The van der Waals surface area contributed by atoms with E-state index in [1.54, 1.807) is 12.1 Å². The van der Waals surface area contributed by atoms with Crippen molar-refractivity contribution in [1.29, 1.82) is 0 Å². The molecule has 2 aliphatic heterocycles. The van der Waals surface area contributed by atoms with Crippen LogP contribution >= 0.6 is 0 Å². The van der Waals surface area contributed by atoms with Gasteiger partial charge in [-0.3, -0.25) is 0 Å². The minimum absolute atomic E-state index is 0.0922. The highest BCUT2D eigenvalue weighted by atomic mass is 19.1. The number of halogens is 1. The van der Waals surface area contributed by atoms with Crippen molar-refractivity contribution in [2.75, 3.05) is 13.8 Å². The Bertz CT molecular complexity index is 796. The SMILES string of the molecule is CN1C=Cc2cc3c(cc2C1C=Cc1ccc(F)cc1)OCO3. The van der Waals surface area contributed by atoms with Gasteiger partial charge in [0.05, 0.1) is 6.04 Å². The van der Waals surface area contributed by atoms with Crippen LogP contribution in [0.3, 0.4) is 0 Å². The van der Waals surface area contributed by atoms with Crippen LogP contribution in [0.1, 0.15) is 22.7 Å². The molecule has 0 amide bonds. The first-order valence-corrected chi connectivity index (χ1v) is 7.48. The highest BCUT2D eigenvalue weighted by Gasteiger charge is 2.23. The summed E-state index contributed by atoms with van der Waals surface area (Å²) in [5.41, 5.74) is 3.26. The van der Waals surface area contributed by atoms with E-state index in [9.17, 15) is 4.39 Å². The van der Waals surface area contributed by atoms with Crippen LogP contribution < -0.4 is 9.47 Å². The number of ether oxygens (including phenoxy) is 2. The van der Waals surface area contributed by atoms with E-state index in [4.69, 9.17) is 9.47 Å². The van der Waals surface area contributed by atoms with Crippen molar-refractivity contribution in [3.05, 3.63) is 71.2 Å². The third kappa shape index (κ3) is 2.57. The van der Waals surface area contributed by atoms with E-state index in [-0.39, 0.29) is 18.7 Å². The fraction of sp³-hybridized carbons (Fsp3) is 0.158. The molecule has 0 fully saturated rings. The molecule has 4 rings (SSSR count). The highest BCUT2D eigenvalue weighted by Crippen LogP contribution is 2.40. The smallest absolute Gasteiger partial charge is 0.231 e. The summed E-state index contributed by atoms with van der Waals surface area (Å²) in [7, 11) is 2.03. The second kappa shape index (κ2) is 5.47. The lowest BCUT2D eigenvalue weighted by Gasteiger charge is -2.29. The predicted molar refractivity (Wildman–Crippen MR) is 87.5 cm³/mol. The van der Waals surface area contributed by atoms with Gasteiger partial charge in [0.1, 0.15) is 5.82 Å². The van der Waals surface area contributed by atoms with Crippen LogP contribution in [-0.4, -0.2) is 18.7 Å². The molecule has 2 aromatic rings. The first-order chi connectivity index (χ1) is 11.2. The largest absolute Gasteiger partial charge is 0.454 e. The van der Waals surface area contributed by atoms with Crippen molar-refractivity contribution in [3.8, 4) is 11.5 Å². The van der Waals surface area contributed by atoms with E-state index in [0.29, 0.717) is 0 Å². The molecule has 4 heteroatoms. The van der Waals surface area contributed by atoms with Gasteiger partial charge in [-0.15, -0.1) is 0 Å². The summed E-state index contributed by atoms with van der Waals surface area (Å²) in [6, 6.07) is 10.6. The molecule has 116 valence electrons. The number of rotatable bonds is 2. The van der Waals surface area contributed by atoms with Crippen molar-refractivity contribution >= 4 is 12.2 Å². The van der Waals surface area contributed by atoms with Crippen LogP contribution in [0.2, 0.25) is 0 Å². The molecule has 2 heterocycles. The molecule has 0 N–H and O–H groups in total. The van der Waals surface area contributed by atoms with E-state index in [1.807, 2.05) is 31.5 Å². The number of hydrogen-bond donors (Lipinski definition) is 0. The molecule has 2 aromatic carbocycles. The molecule has 1 atom stereocenters. The Hall–Kier alpha value is -2.75. The van der Waals surface area contributed by atoms with Crippen molar-refractivity contribution in [2.24, 2.45) is 0 Å². The Morgan fingerprint density at radius 2 is 1.87 bits per heavy atom. The van der Waals surface area contributed by atoms with Gasteiger partial charge in [0, 0.05) is 13.2 Å². The lowest BCUT2D eigenvalue weighted by atomic mass is 9.95. The summed E-state index contributed by atoms with van der Waals surface area (Å²) in [5, 5.41) is 0. The van der Waals surface area contributed by atoms with E-state index in [2.05, 4.69) is 17.1 Å². The average molecular weight is 309 g/mol. The van der Waals surface area contributed by atoms with Gasteiger partial charge in [-0.2, -0.15) is 0 Å². The topological polar surface area (TPSA) is 21.7 Å². The van der Waals surface area contributed by atoms with Crippen LogP contribution in [0.4, 0.5) is 4.39 Å². The van der Waals surface area contributed by atoms with Gasteiger partial charge in [-0.25, -0.2) is 4.39 Å². The molecular formula is C19H16FNO2. The summed E-state index contributed by atoms with van der Waals surface area (Å²) in [6.45, 7) is 0.272. The van der Waals surface area contributed by atoms with Gasteiger partial charge in [0.2, 0.25) is 6.79 Å². The Labute approximate surface area is 134 Å². The fourth-order valence-electron chi connectivity index (χ4n) is 2.90. The molecule has 2 aliphatic rings. The molecule has 0 radical (unpaired) electrons. The third-order valence-corrected chi connectivity index (χ3v) is 4.17. The zero-order chi connectivity index (χ0) is 15.8. The summed E-state index contributed by atoms with van der Waals surface area (Å²) in [6.07, 6.45) is 8.23. The van der Waals surface area contributed by atoms with Crippen molar-refractivity contribution < 1.29 is 13.9 Å². The van der Waals surface area contributed by atoms with Gasteiger partial charge in [0.25, 0.3) is 0 Å². The maximum absolute atomic E-state index is 13.0. The third-order valence-electron chi connectivity index (χ3n) is 4.17. The summed E-state index contributed by atoms with van der Waals surface area (Å²) >= 11 is 0. The lowest BCUT2D eigenvalue weighted by Crippen LogP contribution is -2.20. The maximum Gasteiger partial charge on any atom is 0.231 e. The Morgan fingerprint density at radius 3 is 2.65 bits per heavy atom. The number of nitrogens with zero attached hydrogens (tertiary/aromatic N) is 1. The van der Waals surface area contributed by atoms with Gasteiger partial charge < -0.3 is 14.4 Å². The molecule has 0 saturated carbocycles. The van der Waals surface area contributed by atoms with Gasteiger partial charge >= 0.3 is 0 Å². The minimum Gasteiger partial charge on any atom is -0.454 e. The van der Waals surface area contributed by atoms with Crippen molar-refractivity contribution in [2.45, 2.75) is 6.04 Å². The Morgan fingerprint density at radius 1 is 1.13 bits per heavy atom. The molecule has 23 heavy (non-hydrogen) atoms. The molecule has 0 bridgehead atoms. The first kappa shape index (κ1) is 13.9. The van der Waals surface area contributed by atoms with Gasteiger partial charge in [-0.1, -0.05) is 24.3 Å². The van der Waals surface area contributed by atoms with Crippen LogP contribution in [0.5, 0.6) is 11.5 Å². The minimum atomic E-state index is -0.224. The summed E-state index contributed by atoms with van der Waals surface area (Å²) in [4.78, 5) is 2.13. The number of fused-ring (bicyclic) bond motifs is 2. The Balaban J connectivity index is 1.69. The molecular weight excluding hydrogens is 293 g/mol. The predicted octanol–water partition coefficient (Wildman–Crippen LogP) is 4.23. The second-order valence-electron chi connectivity index (χ2n) is 5.67. The Kier molecular flexibility index (Phi) is 3.30. The number of hydrogen-bond acceptors (Lipinski definition) is 3. The van der Waals surface area contributed by atoms with E-state index in [1.165, 1.54) is 12.1 Å². The van der Waals surface area contributed by atoms with Crippen LogP contribution in [0.15, 0.2) is 48.7 Å². The molecule has 3 nitrogen and oxygen atoms in total. The van der Waals surface area contributed by atoms with Gasteiger partial charge in [0.15, 0.2) is 11.5 Å². The molecule has 0 spiro atoms. The highest BCUT2D eigenvalue weighted by molar-refractivity contribution is 5.65. The first-order valence-electron chi connectivity index (χ1n) is 7.48. The lowest BCUT2D eigenvalue weighted by molar-refractivity contribution is 0.174. The molecule has 0 saturated heterocycles. The van der Waals surface area contributed by atoms with Crippen LogP contribution in [0, 0.1) is 5.82 Å². The molecule has 0 aliphatic carbocycles. The molecule has 0 aromatic heterocycles. The van der Waals surface area contributed by atoms with E-state index >= 15 is 0 Å². The number of likely N-dealkylation sites (N-methyl/N-ethyl adjacent to an activating group) is 1. The van der Waals surface area contributed by atoms with Crippen LogP contribution in [-0.2, 0) is 0 Å². The summed E-state index contributed by atoms with van der Waals surface area (Å²) < 4.78 is 23.9. The van der Waals surface area contributed by atoms with Crippen molar-refractivity contribution in [1.82, 2.24) is 4.90 Å².